The Hall–Kier alpha value is -2.88. The maximum absolute atomic E-state index is 12.9. The SMILES string of the molecule is CCS(=O)(=O)c1nc2ccccn2c1-c1nc2cc(C(F)(F)F)ccc2o1. The fraction of sp³-hybridized carbons (Fsp3) is 0.176. The zero-order valence-corrected chi connectivity index (χ0v) is 14.7. The molecule has 3 heterocycles. The summed E-state index contributed by atoms with van der Waals surface area (Å²) in [5, 5.41) is -0.223. The Morgan fingerprint density at radius 2 is 1.93 bits per heavy atom. The van der Waals surface area contributed by atoms with E-state index >= 15 is 0 Å². The van der Waals surface area contributed by atoms with Crippen molar-refractivity contribution >= 4 is 26.6 Å². The van der Waals surface area contributed by atoms with E-state index in [1.165, 1.54) is 11.3 Å². The minimum absolute atomic E-state index is 0.0226. The van der Waals surface area contributed by atoms with E-state index in [0.29, 0.717) is 5.65 Å². The van der Waals surface area contributed by atoms with Crippen molar-refractivity contribution in [2.75, 3.05) is 5.75 Å². The average molecular weight is 395 g/mol. The first-order chi connectivity index (χ1) is 12.7. The fourth-order valence-corrected chi connectivity index (χ4v) is 3.71. The number of hydrogen-bond donors (Lipinski definition) is 0. The first kappa shape index (κ1) is 17.5. The van der Waals surface area contributed by atoms with Crippen LogP contribution in [0.1, 0.15) is 12.5 Å². The Morgan fingerprint density at radius 3 is 2.63 bits per heavy atom. The number of alkyl halides is 3. The van der Waals surface area contributed by atoms with Crippen LogP contribution in [0.5, 0.6) is 0 Å². The Bertz CT molecular complexity index is 1270. The van der Waals surface area contributed by atoms with Crippen LogP contribution in [0.3, 0.4) is 0 Å². The minimum atomic E-state index is -4.52. The highest BCUT2D eigenvalue weighted by Gasteiger charge is 2.32. The third-order valence-electron chi connectivity index (χ3n) is 4.09. The number of nitrogens with zero attached hydrogens (tertiary/aromatic N) is 3. The number of hydrogen-bond acceptors (Lipinski definition) is 5. The molecule has 1 aromatic carbocycles. The molecule has 4 aromatic rings. The number of halogens is 3. The van der Waals surface area contributed by atoms with Crippen molar-refractivity contribution in [1.82, 2.24) is 14.4 Å². The van der Waals surface area contributed by atoms with Crippen LogP contribution in [0.15, 0.2) is 52.0 Å². The maximum atomic E-state index is 12.9. The van der Waals surface area contributed by atoms with Crippen LogP contribution in [0.25, 0.3) is 28.3 Å². The largest absolute Gasteiger partial charge is 0.435 e. The van der Waals surface area contributed by atoms with Crippen LogP contribution in [-0.2, 0) is 16.0 Å². The zero-order valence-electron chi connectivity index (χ0n) is 13.9. The van der Waals surface area contributed by atoms with Gasteiger partial charge in [-0.3, -0.25) is 4.40 Å². The number of sulfone groups is 1. The van der Waals surface area contributed by atoms with Gasteiger partial charge in [0.2, 0.25) is 5.89 Å². The van der Waals surface area contributed by atoms with Crippen LogP contribution in [0.2, 0.25) is 0 Å². The van der Waals surface area contributed by atoms with E-state index in [4.69, 9.17) is 4.42 Å². The molecule has 0 aliphatic rings. The van der Waals surface area contributed by atoms with Gasteiger partial charge < -0.3 is 4.42 Å². The van der Waals surface area contributed by atoms with Crippen molar-refractivity contribution in [3.8, 4) is 11.6 Å². The van der Waals surface area contributed by atoms with E-state index in [2.05, 4.69) is 9.97 Å². The molecule has 0 spiro atoms. The molecule has 3 aromatic heterocycles. The van der Waals surface area contributed by atoms with E-state index in [9.17, 15) is 21.6 Å². The van der Waals surface area contributed by atoms with Crippen LogP contribution in [0.4, 0.5) is 13.2 Å². The van der Waals surface area contributed by atoms with Crippen molar-refractivity contribution in [3.63, 3.8) is 0 Å². The lowest BCUT2D eigenvalue weighted by atomic mass is 10.2. The molecular weight excluding hydrogens is 383 g/mol. The van der Waals surface area contributed by atoms with Gasteiger partial charge >= 0.3 is 6.18 Å². The standard InChI is InChI=1S/C17H12F3N3O3S/c1-2-27(24,25)16-14(23-8-4-3-5-13(23)22-16)15-21-11-9-10(17(18,19)20)6-7-12(11)26-15/h3-9H,2H2,1H3. The predicted octanol–water partition coefficient (Wildman–Crippen LogP) is 3.95. The Morgan fingerprint density at radius 1 is 1.15 bits per heavy atom. The molecule has 0 fully saturated rings. The number of oxazole rings is 1. The number of fused-ring (bicyclic) bond motifs is 2. The zero-order chi connectivity index (χ0) is 19.4. The molecule has 0 saturated heterocycles. The molecular formula is C17H12F3N3O3S. The molecule has 10 heteroatoms. The highest BCUT2D eigenvalue weighted by atomic mass is 32.2. The number of imidazole rings is 1. The molecule has 27 heavy (non-hydrogen) atoms. The second kappa shape index (κ2) is 5.81. The van der Waals surface area contributed by atoms with Gasteiger partial charge in [0.05, 0.1) is 11.3 Å². The Labute approximate surface area is 151 Å². The summed E-state index contributed by atoms with van der Waals surface area (Å²) in [5.41, 5.74) is -0.335. The predicted molar refractivity (Wildman–Crippen MR) is 90.9 cm³/mol. The molecule has 0 bridgehead atoms. The summed E-state index contributed by atoms with van der Waals surface area (Å²) >= 11 is 0. The van der Waals surface area contributed by atoms with E-state index < -0.39 is 21.6 Å². The number of benzene rings is 1. The average Bonchev–Trinajstić information content (AvgIpc) is 3.21. The van der Waals surface area contributed by atoms with Crippen LogP contribution >= 0.6 is 0 Å². The van der Waals surface area contributed by atoms with Gasteiger partial charge in [-0.05, 0) is 30.3 Å². The van der Waals surface area contributed by atoms with Gasteiger partial charge in [-0.25, -0.2) is 18.4 Å². The van der Waals surface area contributed by atoms with Gasteiger partial charge in [-0.1, -0.05) is 13.0 Å². The van der Waals surface area contributed by atoms with Crippen molar-refractivity contribution in [3.05, 3.63) is 48.2 Å². The number of rotatable bonds is 3. The van der Waals surface area contributed by atoms with Crippen molar-refractivity contribution in [1.29, 1.82) is 0 Å². The number of pyridine rings is 1. The van der Waals surface area contributed by atoms with Gasteiger partial charge in [-0.2, -0.15) is 13.2 Å². The first-order valence-corrected chi connectivity index (χ1v) is 9.54. The lowest BCUT2D eigenvalue weighted by Gasteiger charge is -2.04. The van der Waals surface area contributed by atoms with Gasteiger partial charge in [0.15, 0.2) is 20.4 Å². The van der Waals surface area contributed by atoms with Gasteiger partial charge in [0.1, 0.15) is 16.9 Å². The second-order valence-electron chi connectivity index (χ2n) is 5.80. The lowest BCUT2D eigenvalue weighted by Crippen LogP contribution is -2.06. The molecule has 0 amide bonds. The summed E-state index contributed by atoms with van der Waals surface area (Å²) in [6.07, 6.45) is -2.93. The molecule has 4 rings (SSSR count). The lowest BCUT2D eigenvalue weighted by molar-refractivity contribution is -0.137. The molecule has 0 radical (unpaired) electrons. The van der Waals surface area contributed by atoms with Gasteiger partial charge in [0.25, 0.3) is 0 Å². The van der Waals surface area contributed by atoms with Crippen LogP contribution < -0.4 is 0 Å². The summed E-state index contributed by atoms with van der Waals surface area (Å²) in [6, 6.07) is 7.88. The molecule has 0 saturated carbocycles. The van der Waals surface area contributed by atoms with E-state index in [1.807, 2.05) is 0 Å². The molecule has 0 N–H and O–H groups in total. The highest BCUT2D eigenvalue weighted by Crippen LogP contribution is 2.34. The monoisotopic (exact) mass is 395 g/mol. The second-order valence-corrected chi connectivity index (χ2v) is 7.99. The third-order valence-corrected chi connectivity index (χ3v) is 5.72. The van der Waals surface area contributed by atoms with Crippen LogP contribution in [0, 0.1) is 0 Å². The summed E-state index contributed by atoms with van der Waals surface area (Å²) in [5.74, 6) is -0.308. The Kier molecular flexibility index (Phi) is 3.77. The van der Waals surface area contributed by atoms with E-state index in [0.717, 1.165) is 18.2 Å². The summed E-state index contributed by atoms with van der Waals surface area (Å²) in [6.45, 7) is 1.48. The molecule has 0 aliphatic carbocycles. The van der Waals surface area contributed by atoms with Crippen LogP contribution in [-0.4, -0.2) is 28.5 Å². The Balaban J connectivity index is 2.01. The normalized spacial score (nSPS) is 12.9. The molecule has 0 atom stereocenters. The van der Waals surface area contributed by atoms with Crippen molar-refractivity contribution < 1.29 is 26.0 Å². The molecule has 0 unspecified atom stereocenters. The quantitative estimate of drug-likeness (QED) is 0.525. The maximum Gasteiger partial charge on any atom is 0.416 e. The van der Waals surface area contributed by atoms with Crippen molar-refractivity contribution in [2.24, 2.45) is 0 Å². The fourth-order valence-electron chi connectivity index (χ4n) is 2.73. The van der Waals surface area contributed by atoms with Gasteiger partial charge in [0, 0.05) is 6.20 Å². The number of aromatic nitrogens is 3. The summed E-state index contributed by atoms with van der Waals surface area (Å²) in [4.78, 5) is 8.25. The summed E-state index contributed by atoms with van der Waals surface area (Å²) < 4.78 is 70.7. The van der Waals surface area contributed by atoms with Crippen molar-refractivity contribution in [2.45, 2.75) is 18.1 Å². The smallest absolute Gasteiger partial charge is 0.416 e. The minimum Gasteiger partial charge on any atom is -0.435 e. The topological polar surface area (TPSA) is 77.5 Å². The summed E-state index contributed by atoms with van der Waals surface area (Å²) in [7, 11) is -3.72. The van der Waals surface area contributed by atoms with E-state index in [-0.39, 0.29) is 33.5 Å². The van der Waals surface area contributed by atoms with E-state index in [1.54, 1.807) is 24.4 Å². The third kappa shape index (κ3) is 2.85. The molecule has 6 nitrogen and oxygen atoms in total. The molecule has 140 valence electrons. The highest BCUT2D eigenvalue weighted by molar-refractivity contribution is 7.91. The van der Waals surface area contributed by atoms with Gasteiger partial charge in [-0.15, -0.1) is 0 Å². The molecule has 0 aliphatic heterocycles. The first-order valence-electron chi connectivity index (χ1n) is 7.88.